The third-order valence-electron chi connectivity index (χ3n) is 2.26. The van der Waals surface area contributed by atoms with Gasteiger partial charge < -0.3 is 15.7 Å². The Labute approximate surface area is 88.5 Å². The molecule has 0 aliphatic heterocycles. The zero-order valence-corrected chi connectivity index (χ0v) is 9.09. The number of aromatic nitrogens is 1. The van der Waals surface area contributed by atoms with Crippen LogP contribution in [0, 0.1) is 0 Å². The number of anilines is 2. The molecule has 0 spiro atoms. The summed E-state index contributed by atoms with van der Waals surface area (Å²) in [6.07, 6.45) is 2.03. The van der Waals surface area contributed by atoms with Crippen LogP contribution < -0.4 is 10.6 Å². The molecule has 0 aliphatic rings. The molecule has 0 amide bonds. The maximum absolute atomic E-state index is 11.0. The Balaban J connectivity index is 3.40. The van der Waals surface area contributed by atoms with Crippen molar-refractivity contribution in [3.63, 3.8) is 0 Å². The lowest BCUT2D eigenvalue weighted by Gasteiger charge is -2.14. The molecule has 0 bridgehead atoms. The van der Waals surface area contributed by atoms with E-state index in [1.165, 1.54) is 6.20 Å². The first kappa shape index (κ1) is 11.3. The summed E-state index contributed by atoms with van der Waals surface area (Å²) in [6, 6.07) is 0. The topological polar surface area (TPSA) is 74.2 Å². The van der Waals surface area contributed by atoms with E-state index < -0.39 is 5.97 Å². The summed E-state index contributed by atoms with van der Waals surface area (Å²) in [4.78, 5) is 15.0. The summed E-state index contributed by atoms with van der Waals surface area (Å²) in [5, 5.41) is 14.9. The summed E-state index contributed by atoms with van der Waals surface area (Å²) < 4.78 is 0. The van der Waals surface area contributed by atoms with Gasteiger partial charge in [-0.05, 0) is 12.0 Å². The smallest absolute Gasteiger partial charge is 0.337 e. The summed E-state index contributed by atoms with van der Waals surface area (Å²) >= 11 is 0. The van der Waals surface area contributed by atoms with Crippen molar-refractivity contribution in [3.05, 3.63) is 17.3 Å². The van der Waals surface area contributed by atoms with Gasteiger partial charge in [-0.15, -0.1) is 0 Å². The molecule has 0 saturated heterocycles. The maximum Gasteiger partial charge on any atom is 0.337 e. The lowest BCUT2D eigenvalue weighted by atomic mass is 10.1. The van der Waals surface area contributed by atoms with Crippen molar-refractivity contribution >= 4 is 17.5 Å². The van der Waals surface area contributed by atoms with E-state index in [1.807, 2.05) is 6.92 Å². The van der Waals surface area contributed by atoms with E-state index in [-0.39, 0.29) is 5.56 Å². The molecule has 1 rings (SSSR count). The SMILES string of the molecule is CCc1c(C(=O)O)cnc(NC)c1NC. The van der Waals surface area contributed by atoms with Crippen molar-refractivity contribution in [2.24, 2.45) is 0 Å². The molecular weight excluding hydrogens is 194 g/mol. The van der Waals surface area contributed by atoms with Crippen molar-refractivity contribution in [2.75, 3.05) is 24.7 Å². The van der Waals surface area contributed by atoms with E-state index in [2.05, 4.69) is 15.6 Å². The Hall–Kier alpha value is -1.78. The molecular formula is C10H15N3O2. The van der Waals surface area contributed by atoms with Gasteiger partial charge in [0.15, 0.2) is 0 Å². The Morgan fingerprint density at radius 3 is 2.53 bits per heavy atom. The van der Waals surface area contributed by atoms with Crippen LogP contribution in [0.25, 0.3) is 0 Å². The molecule has 0 fully saturated rings. The molecule has 0 unspecified atom stereocenters. The molecule has 1 aromatic heterocycles. The second-order valence-corrected chi connectivity index (χ2v) is 3.03. The molecule has 5 heteroatoms. The molecule has 3 N–H and O–H groups in total. The third-order valence-corrected chi connectivity index (χ3v) is 2.26. The van der Waals surface area contributed by atoms with E-state index >= 15 is 0 Å². The molecule has 0 atom stereocenters. The third kappa shape index (κ3) is 2.01. The summed E-state index contributed by atoms with van der Waals surface area (Å²) in [5.41, 5.74) is 1.77. The van der Waals surface area contributed by atoms with Crippen molar-refractivity contribution in [3.8, 4) is 0 Å². The fourth-order valence-electron chi connectivity index (χ4n) is 1.56. The number of carboxylic acids is 1. The minimum absolute atomic E-state index is 0.251. The zero-order valence-electron chi connectivity index (χ0n) is 9.09. The van der Waals surface area contributed by atoms with Gasteiger partial charge >= 0.3 is 5.97 Å². The van der Waals surface area contributed by atoms with Crippen LogP contribution in [0.1, 0.15) is 22.8 Å². The largest absolute Gasteiger partial charge is 0.478 e. The number of nitrogens with zero attached hydrogens (tertiary/aromatic N) is 1. The molecule has 82 valence electrons. The minimum Gasteiger partial charge on any atom is -0.478 e. The lowest BCUT2D eigenvalue weighted by Crippen LogP contribution is -2.09. The van der Waals surface area contributed by atoms with Crippen LogP contribution in [0.5, 0.6) is 0 Å². The lowest BCUT2D eigenvalue weighted by molar-refractivity contribution is 0.0695. The van der Waals surface area contributed by atoms with Crippen molar-refractivity contribution in [2.45, 2.75) is 13.3 Å². The van der Waals surface area contributed by atoms with Crippen LogP contribution in [0.2, 0.25) is 0 Å². The summed E-state index contributed by atoms with van der Waals surface area (Å²) in [6.45, 7) is 1.92. The second kappa shape index (κ2) is 4.63. The van der Waals surface area contributed by atoms with Gasteiger partial charge in [0.05, 0.1) is 11.3 Å². The number of hydrogen-bond donors (Lipinski definition) is 3. The number of carbonyl (C=O) groups is 1. The fourth-order valence-corrected chi connectivity index (χ4v) is 1.56. The molecule has 0 aromatic carbocycles. The standard InChI is InChI=1S/C10H15N3O2/c1-4-6-7(10(14)15)5-13-9(12-3)8(6)11-2/h5,11H,4H2,1-3H3,(H,12,13)(H,14,15). The highest BCUT2D eigenvalue weighted by atomic mass is 16.4. The molecule has 1 aromatic rings. The first-order valence-electron chi connectivity index (χ1n) is 4.76. The Bertz CT molecular complexity index is 377. The highest BCUT2D eigenvalue weighted by Gasteiger charge is 2.15. The number of carboxylic acid groups (broad SMARTS) is 1. The van der Waals surface area contributed by atoms with E-state index in [0.29, 0.717) is 12.2 Å². The first-order valence-corrected chi connectivity index (χ1v) is 4.76. The maximum atomic E-state index is 11.0. The average Bonchev–Trinajstić information content (AvgIpc) is 2.26. The van der Waals surface area contributed by atoms with Crippen LogP contribution >= 0.6 is 0 Å². The molecule has 15 heavy (non-hydrogen) atoms. The fraction of sp³-hybridized carbons (Fsp3) is 0.400. The van der Waals surface area contributed by atoms with Gasteiger partial charge in [-0.2, -0.15) is 0 Å². The highest BCUT2D eigenvalue weighted by Crippen LogP contribution is 2.26. The summed E-state index contributed by atoms with van der Waals surface area (Å²) in [7, 11) is 3.51. The van der Waals surface area contributed by atoms with Crippen LogP contribution in [-0.4, -0.2) is 30.2 Å². The zero-order chi connectivity index (χ0) is 11.4. The molecule has 1 heterocycles. The van der Waals surface area contributed by atoms with Crippen molar-refractivity contribution in [1.29, 1.82) is 0 Å². The highest BCUT2D eigenvalue weighted by molar-refractivity contribution is 5.92. The number of pyridine rings is 1. The average molecular weight is 209 g/mol. The first-order chi connectivity index (χ1) is 7.15. The number of nitrogens with one attached hydrogen (secondary N) is 2. The van der Waals surface area contributed by atoms with E-state index in [1.54, 1.807) is 14.1 Å². The van der Waals surface area contributed by atoms with E-state index in [9.17, 15) is 4.79 Å². The molecule has 0 saturated carbocycles. The van der Waals surface area contributed by atoms with Gasteiger partial charge in [0.2, 0.25) is 0 Å². The van der Waals surface area contributed by atoms with Crippen LogP contribution in [0.4, 0.5) is 11.5 Å². The van der Waals surface area contributed by atoms with Crippen LogP contribution in [-0.2, 0) is 6.42 Å². The van der Waals surface area contributed by atoms with Crippen molar-refractivity contribution < 1.29 is 9.90 Å². The minimum atomic E-state index is -0.946. The monoisotopic (exact) mass is 209 g/mol. The molecule has 0 aliphatic carbocycles. The number of hydrogen-bond acceptors (Lipinski definition) is 4. The van der Waals surface area contributed by atoms with E-state index in [4.69, 9.17) is 5.11 Å². The Kier molecular flexibility index (Phi) is 3.49. The predicted molar refractivity (Wildman–Crippen MR) is 59.7 cm³/mol. The Morgan fingerprint density at radius 1 is 1.47 bits per heavy atom. The van der Waals surface area contributed by atoms with Gasteiger partial charge in [-0.3, -0.25) is 0 Å². The summed E-state index contributed by atoms with van der Waals surface area (Å²) in [5.74, 6) is -0.280. The van der Waals surface area contributed by atoms with Crippen molar-refractivity contribution in [1.82, 2.24) is 4.98 Å². The Morgan fingerprint density at radius 2 is 2.13 bits per heavy atom. The molecule has 5 nitrogen and oxygen atoms in total. The number of rotatable bonds is 4. The van der Waals surface area contributed by atoms with Gasteiger partial charge in [-0.1, -0.05) is 6.92 Å². The van der Waals surface area contributed by atoms with E-state index in [0.717, 1.165) is 11.3 Å². The van der Waals surface area contributed by atoms with Gasteiger partial charge in [-0.25, -0.2) is 9.78 Å². The number of aromatic carboxylic acids is 1. The molecule has 0 radical (unpaired) electrons. The van der Waals surface area contributed by atoms with Crippen LogP contribution in [0.15, 0.2) is 6.20 Å². The van der Waals surface area contributed by atoms with Gasteiger partial charge in [0.25, 0.3) is 0 Å². The van der Waals surface area contributed by atoms with Crippen LogP contribution in [0.3, 0.4) is 0 Å². The van der Waals surface area contributed by atoms with Gasteiger partial charge in [0.1, 0.15) is 5.82 Å². The second-order valence-electron chi connectivity index (χ2n) is 3.03. The predicted octanol–water partition coefficient (Wildman–Crippen LogP) is 1.43. The normalized spacial score (nSPS) is 9.80. The quantitative estimate of drug-likeness (QED) is 0.699. The van der Waals surface area contributed by atoms with Gasteiger partial charge in [0, 0.05) is 20.3 Å².